The van der Waals surface area contributed by atoms with Gasteiger partial charge >= 0.3 is 0 Å². The first-order valence-electron chi connectivity index (χ1n) is 6.70. The predicted octanol–water partition coefficient (Wildman–Crippen LogP) is 2.20. The molecular weight excluding hydrogens is 270 g/mol. The average molecular weight is 287 g/mol. The molecular formula is C16H17NO2S. The molecule has 20 heavy (non-hydrogen) atoms. The van der Waals surface area contributed by atoms with Crippen LogP contribution < -0.4 is 5.73 Å². The van der Waals surface area contributed by atoms with Crippen molar-refractivity contribution in [3.8, 4) is 0 Å². The van der Waals surface area contributed by atoms with Crippen LogP contribution in [-0.4, -0.2) is 20.2 Å². The van der Waals surface area contributed by atoms with E-state index in [4.69, 9.17) is 5.73 Å². The highest BCUT2D eigenvalue weighted by Gasteiger charge is 2.57. The standard InChI is InChI=1S/C16H17NO2S/c17-11-14-15(12-7-3-1-4-8-12)16(14)20(18,19)13-9-5-2-6-10-13/h1-10,14-16H,11,17H2/t14-,15+,16+/m0/s1. The summed E-state index contributed by atoms with van der Waals surface area (Å²) in [5, 5.41) is -0.391. The van der Waals surface area contributed by atoms with Gasteiger partial charge in [0.15, 0.2) is 9.84 Å². The number of nitrogens with two attached hydrogens (primary N) is 1. The Hall–Kier alpha value is -1.65. The van der Waals surface area contributed by atoms with Crippen molar-refractivity contribution < 1.29 is 8.42 Å². The van der Waals surface area contributed by atoms with Gasteiger partial charge in [-0.2, -0.15) is 0 Å². The fourth-order valence-corrected chi connectivity index (χ4v) is 5.17. The second kappa shape index (κ2) is 5.04. The zero-order valence-corrected chi connectivity index (χ0v) is 11.8. The van der Waals surface area contributed by atoms with E-state index in [0.717, 1.165) is 5.56 Å². The Labute approximate surface area is 119 Å². The quantitative estimate of drug-likeness (QED) is 0.938. The lowest BCUT2D eigenvalue weighted by Crippen LogP contribution is -2.13. The summed E-state index contributed by atoms with van der Waals surface area (Å²) >= 11 is 0. The molecule has 0 radical (unpaired) electrons. The fraction of sp³-hybridized carbons (Fsp3) is 0.250. The largest absolute Gasteiger partial charge is 0.330 e. The molecule has 3 atom stereocenters. The summed E-state index contributed by atoms with van der Waals surface area (Å²) in [5.74, 6) is 0.0361. The Morgan fingerprint density at radius 3 is 2.00 bits per heavy atom. The number of benzene rings is 2. The maximum atomic E-state index is 12.7. The van der Waals surface area contributed by atoms with Crippen molar-refractivity contribution in [3.63, 3.8) is 0 Å². The average Bonchev–Trinajstić information content (AvgIpc) is 3.24. The molecule has 0 amide bonds. The van der Waals surface area contributed by atoms with Crippen molar-refractivity contribution in [1.29, 1.82) is 0 Å². The summed E-state index contributed by atoms with van der Waals surface area (Å²) < 4.78 is 25.4. The summed E-state index contributed by atoms with van der Waals surface area (Å²) in [4.78, 5) is 0.391. The summed E-state index contributed by atoms with van der Waals surface area (Å²) in [6.07, 6.45) is 0. The van der Waals surface area contributed by atoms with Crippen LogP contribution in [0.4, 0.5) is 0 Å². The first kappa shape index (κ1) is 13.3. The van der Waals surface area contributed by atoms with E-state index >= 15 is 0 Å². The summed E-state index contributed by atoms with van der Waals surface area (Å²) in [6, 6.07) is 18.4. The van der Waals surface area contributed by atoms with E-state index in [1.165, 1.54) is 0 Å². The number of hydrogen-bond acceptors (Lipinski definition) is 3. The maximum Gasteiger partial charge on any atom is 0.182 e. The Morgan fingerprint density at radius 1 is 0.900 bits per heavy atom. The molecule has 0 spiro atoms. The first-order chi connectivity index (χ1) is 9.66. The Morgan fingerprint density at radius 2 is 1.45 bits per heavy atom. The van der Waals surface area contributed by atoms with Gasteiger partial charge in [-0.1, -0.05) is 48.5 Å². The van der Waals surface area contributed by atoms with Crippen LogP contribution >= 0.6 is 0 Å². The molecule has 3 nitrogen and oxygen atoms in total. The molecule has 1 aliphatic carbocycles. The molecule has 3 rings (SSSR count). The second-order valence-corrected chi connectivity index (χ2v) is 7.26. The van der Waals surface area contributed by atoms with Crippen LogP contribution in [0, 0.1) is 5.92 Å². The number of sulfone groups is 1. The zero-order chi connectivity index (χ0) is 14.2. The van der Waals surface area contributed by atoms with Gasteiger partial charge in [0.05, 0.1) is 10.1 Å². The minimum atomic E-state index is -3.30. The van der Waals surface area contributed by atoms with Crippen molar-refractivity contribution in [1.82, 2.24) is 0 Å². The summed E-state index contributed by atoms with van der Waals surface area (Å²) in [7, 11) is -3.30. The van der Waals surface area contributed by atoms with Crippen molar-refractivity contribution in [2.24, 2.45) is 11.7 Å². The number of hydrogen-bond donors (Lipinski definition) is 1. The van der Waals surface area contributed by atoms with E-state index in [2.05, 4.69) is 0 Å². The van der Waals surface area contributed by atoms with Gasteiger partial charge in [0.2, 0.25) is 0 Å². The van der Waals surface area contributed by atoms with Gasteiger partial charge < -0.3 is 5.73 Å². The SMILES string of the molecule is NC[C@H]1[C@@H](c2ccccc2)[C@@H]1S(=O)(=O)c1ccccc1. The number of rotatable bonds is 4. The Kier molecular flexibility index (Phi) is 3.36. The molecule has 0 aliphatic heterocycles. The molecule has 2 aromatic carbocycles. The molecule has 1 saturated carbocycles. The monoisotopic (exact) mass is 287 g/mol. The van der Waals surface area contributed by atoms with Crippen LogP contribution in [0.3, 0.4) is 0 Å². The van der Waals surface area contributed by atoms with E-state index in [1.54, 1.807) is 24.3 Å². The topological polar surface area (TPSA) is 60.2 Å². The van der Waals surface area contributed by atoms with Crippen molar-refractivity contribution in [3.05, 3.63) is 66.2 Å². The van der Waals surface area contributed by atoms with Gasteiger partial charge in [-0.3, -0.25) is 0 Å². The van der Waals surface area contributed by atoms with Gasteiger partial charge in [0.25, 0.3) is 0 Å². The zero-order valence-electron chi connectivity index (χ0n) is 11.0. The van der Waals surface area contributed by atoms with Crippen LogP contribution in [0.5, 0.6) is 0 Å². The lowest BCUT2D eigenvalue weighted by atomic mass is 10.1. The van der Waals surface area contributed by atoms with E-state index in [-0.39, 0.29) is 11.8 Å². The molecule has 104 valence electrons. The molecule has 2 N–H and O–H groups in total. The van der Waals surface area contributed by atoms with E-state index in [0.29, 0.717) is 11.4 Å². The van der Waals surface area contributed by atoms with Crippen LogP contribution in [0.15, 0.2) is 65.6 Å². The summed E-state index contributed by atoms with van der Waals surface area (Å²) in [5.41, 5.74) is 6.82. The Balaban J connectivity index is 1.95. The molecule has 0 unspecified atom stereocenters. The maximum absolute atomic E-state index is 12.7. The lowest BCUT2D eigenvalue weighted by Gasteiger charge is -2.04. The fourth-order valence-electron chi connectivity index (χ4n) is 2.93. The normalized spacial score (nSPS) is 25.4. The van der Waals surface area contributed by atoms with Crippen LogP contribution in [0.1, 0.15) is 11.5 Å². The molecule has 2 aromatic rings. The smallest absolute Gasteiger partial charge is 0.182 e. The van der Waals surface area contributed by atoms with Gasteiger partial charge in [-0.05, 0) is 30.2 Å². The molecule has 0 bridgehead atoms. The van der Waals surface area contributed by atoms with Gasteiger partial charge in [-0.25, -0.2) is 8.42 Å². The van der Waals surface area contributed by atoms with E-state index in [1.807, 2.05) is 36.4 Å². The highest BCUT2D eigenvalue weighted by Crippen LogP contribution is 2.53. The van der Waals surface area contributed by atoms with Crippen LogP contribution in [0.25, 0.3) is 0 Å². The third-order valence-electron chi connectivity index (χ3n) is 3.98. The second-order valence-electron chi connectivity index (χ2n) is 5.16. The van der Waals surface area contributed by atoms with E-state index in [9.17, 15) is 8.42 Å². The lowest BCUT2D eigenvalue weighted by molar-refractivity contribution is 0.591. The molecule has 0 saturated heterocycles. The van der Waals surface area contributed by atoms with Gasteiger partial charge in [0.1, 0.15) is 0 Å². The summed E-state index contributed by atoms with van der Waals surface area (Å²) in [6.45, 7) is 0.399. The third-order valence-corrected chi connectivity index (χ3v) is 6.27. The minimum absolute atomic E-state index is 0.0163. The Bertz CT molecular complexity index is 683. The molecule has 1 fully saturated rings. The van der Waals surface area contributed by atoms with Crippen LogP contribution in [-0.2, 0) is 9.84 Å². The highest BCUT2D eigenvalue weighted by atomic mass is 32.2. The van der Waals surface area contributed by atoms with Gasteiger partial charge in [0, 0.05) is 5.92 Å². The van der Waals surface area contributed by atoms with E-state index < -0.39 is 15.1 Å². The molecule has 0 aromatic heterocycles. The molecule has 1 aliphatic rings. The predicted molar refractivity (Wildman–Crippen MR) is 79.1 cm³/mol. The van der Waals surface area contributed by atoms with Gasteiger partial charge in [-0.15, -0.1) is 0 Å². The van der Waals surface area contributed by atoms with Crippen molar-refractivity contribution in [2.75, 3.05) is 6.54 Å². The highest BCUT2D eigenvalue weighted by molar-refractivity contribution is 7.92. The first-order valence-corrected chi connectivity index (χ1v) is 8.25. The van der Waals surface area contributed by atoms with Crippen molar-refractivity contribution in [2.45, 2.75) is 16.1 Å². The molecule has 0 heterocycles. The molecule has 4 heteroatoms. The van der Waals surface area contributed by atoms with Crippen LogP contribution in [0.2, 0.25) is 0 Å². The third kappa shape index (κ3) is 2.15. The van der Waals surface area contributed by atoms with Crippen molar-refractivity contribution >= 4 is 9.84 Å². The minimum Gasteiger partial charge on any atom is -0.330 e.